The molecule has 0 radical (unpaired) electrons. The number of aromatic nitrogens is 2. The monoisotopic (exact) mass is 411 g/mol. The number of methoxy groups -OCH3 is 1. The topological polar surface area (TPSA) is 68.5 Å². The Hall–Kier alpha value is -2.86. The van der Waals surface area contributed by atoms with Crippen molar-refractivity contribution in [2.75, 3.05) is 13.7 Å². The molecule has 2 aromatic carbocycles. The molecule has 7 heteroatoms. The van der Waals surface area contributed by atoms with Crippen molar-refractivity contribution in [1.29, 1.82) is 0 Å². The van der Waals surface area contributed by atoms with Gasteiger partial charge in [0.15, 0.2) is 0 Å². The molecule has 4 rings (SSSR count). The van der Waals surface area contributed by atoms with Gasteiger partial charge in [0.1, 0.15) is 11.8 Å². The Morgan fingerprint density at radius 2 is 2.14 bits per heavy atom. The van der Waals surface area contributed by atoms with Crippen LogP contribution in [0.5, 0.6) is 5.75 Å². The van der Waals surface area contributed by atoms with Crippen molar-refractivity contribution in [2.45, 2.75) is 31.7 Å². The number of hydrogen-bond acceptors (Lipinski definition) is 5. The van der Waals surface area contributed by atoms with E-state index in [0.29, 0.717) is 36.1 Å². The van der Waals surface area contributed by atoms with Crippen LogP contribution in [-0.2, 0) is 11.2 Å². The van der Waals surface area contributed by atoms with E-state index < -0.39 is 0 Å². The molecule has 1 aliphatic heterocycles. The minimum atomic E-state index is -0.173. The lowest BCUT2D eigenvalue weighted by Crippen LogP contribution is -2.30. The van der Waals surface area contributed by atoms with Crippen LogP contribution in [0.2, 0.25) is 5.02 Å². The number of rotatable bonds is 6. The molecule has 3 aromatic rings. The summed E-state index contributed by atoms with van der Waals surface area (Å²) < 4.78 is 10.8. The molecule has 6 nitrogen and oxygen atoms in total. The smallest absolute Gasteiger partial charge is 0.249 e. The standard InChI is InChI=1S/C22H22ClN3O3/c1-28-18-8-2-5-15(13-18)10-11-20(27)26-12-4-9-19(26)22-24-21(25-29-22)16-6-3-7-17(23)14-16/h2-3,5-8,13-14,19H,4,9-12H2,1H3. The first-order valence-electron chi connectivity index (χ1n) is 9.66. The molecule has 150 valence electrons. The number of halogens is 1. The number of carbonyl (C=O) groups excluding carboxylic acids is 1. The van der Waals surface area contributed by atoms with Gasteiger partial charge in [-0.25, -0.2) is 0 Å². The Balaban J connectivity index is 1.44. The van der Waals surface area contributed by atoms with Gasteiger partial charge < -0.3 is 14.2 Å². The van der Waals surface area contributed by atoms with Crippen LogP contribution in [0.1, 0.15) is 36.8 Å². The number of ether oxygens (including phenoxy) is 1. The maximum atomic E-state index is 12.9. The summed E-state index contributed by atoms with van der Waals surface area (Å²) in [6.45, 7) is 0.705. The highest BCUT2D eigenvalue weighted by Gasteiger charge is 2.33. The normalized spacial score (nSPS) is 16.2. The number of hydrogen-bond donors (Lipinski definition) is 0. The van der Waals surface area contributed by atoms with Gasteiger partial charge in [-0.05, 0) is 49.1 Å². The fourth-order valence-corrected chi connectivity index (χ4v) is 3.85. The molecule has 1 aliphatic rings. The van der Waals surface area contributed by atoms with Crippen LogP contribution < -0.4 is 4.74 Å². The molecule has 1 saturated heterocycles. The summed E-state index contributed by atoms with van der Waals surface area (Å²) >= 11 is 6.05. The van der Waals surface area contributed by atoms with E-state index in [0.717, 1.165) is 29.7 Å². The zero-order valence-electron chi connectivity index (χ0n) is 16.2. The Bertz CT molecular complexity index is 1000. The summed E-state index contributed by atoms with van der Waals surface area (Å²) in [5.41, 5.74) is 1.87. The number of aryl methyl sites for hydroxylation is 1. The van der Waals surface area contributed by atoms with Gasteiger partial charge in [0, 0.05) is 23.6 Å². The molecule has 1 amide bonds. The molecular formula is C22H22ClN3O3. The van der Waals surface area contributed by atoms with Crippen molar-refractivity contribution in [1.82, 2.24) is 15.0 Å². The zero-order valence-corrected chi connectivity index (χ0v) is 16.9. The molecular weight excluding hydrogens is 390 g/mol. The van der Waals surface area contributed by atoms with Crippen LogP contribution in [0.25, 0.3) is 11.4 Å². The second-order valence-electron chi connectivity index (χ2n) is 7.06. The van der Waals surface area contributed by atoms with Crippen LogP contribution in [-0.4, -0.2) is 34.6 Å². The van der Waals surface area contributed by atoms with Crippen molar-refractivity contribution >= 4 is 17.5 Å². The number of carbonyl (C=O) groups is 1. The molecule has 2 heterocycles. The first-order chi connectivity index (χ1) is 14.1. The van der Waals surface area contributed by atoms with E-state index >= 15 is 0 Å². The maximum absolute atomic E-state index is 12.9. The fraction of sp³-hybridized carbons (Fsp3) is 0.318. The third-order valence-electron chi connectivity index (χ3n) is 5.14. The predicted octanol–water partition coefficient (Wildman–Crippen LogP) is 4.69. The van der Waals surface area contributed by atoms with Gasteiger partial charge in [-0.1, -0.05) is 41.0 Å². The first-order valence-corrected chi connectivity index (χ1v) is 10.0. The summed E-state index contributed by atoms with van der Waals surface area (Å²) in [4.78, 5) is 19.3. The molecule has 0 N–H and O–H groups in total. The van der Waals surface area contributed by atoms with Gasteiger partial charge in [-0.15, -0.1) is 0 Å². The van der Waals surface area contributed by atoms with E-state index in [9.17, 15) is 4.79 Å². The van der Waals surface area contributed by atoms with Crippen LogP contribution in [0.3, 0.4) is 0 Å². The molecule has 29 heavy (non-hydrogen) atoms. The van der Waals surface area contributed by atoms with Crippen molar-refractivity contribution in [3.05, 3.63) is 65.0 Å². The van der Waals surface area contributed by atoms with Crippen LogP contribution >= 0.6 is 11.6 Å². The molecule has 0 bridgehead atoms. The van der Waals surface area contributed by atoms with E-state index in [1.165, 1.54) is 0 Å². The largest absolute Gasteiger partial charge is 0.497 e. The molecule has 1 atom stereocenters. The van der Waals surface area contributed by atoms with Crippen molar-refractivity contribution < 1.29 is 14.1 Å². The second-order valence-corrected chi connectivity index (χ2v) is 7.50. The highest BCUT2D eigenvalue weighted by molar-refractivity contribution is 6.30. The molecule has 0 aliphatic carbocycles. The molecule has 0 saturated carbocycles. The van der Waals surface area contributed by atoms with Crippen LogP contribution in [0.4, 0.5) is 0 Å². The van der Waals surface area contributed by atoms with E-state index in [2.05, 4.69) is 10.1 Å². The average molecular weight is 412 g/mol. The Morgan fingerprint density at radius 1 is 1.28 bits per heavy atom. The highest BCUT2D eigenvalue weighted by atomic mass is 35.5. The average Bonchev–Trinajstić information content (AvgIpc) is 3.41. The third kappa shape index (κ3) is 4.43. The molecule has 1 aromatic heterocycles. The maximum Gasteiger partial charge on any atom is 0.249 e. The van der Waals surface area contributed by atoms with Crippen LogP contribution in [0, 0.1) is 0 Å². The Morgan fingerprint density at radius 3 is 2.97 bits per heavy atom. The lowest BCUT2D eigenvalue weighted by molar-refractivity contribution is -0.132. The summed E-state index contributed by atoms with van der Waals surface area (Å²) in [5, 5.41) is 4.70. The van der Waals surface area contributed by atoms with Crippen molar-refractivity contribution in [2.24, 2.45) is 0 Å². The van der Waals surface area contributed by atoms with Gasteiger partial charge in [0.05, 0.1) is 7.11 Å². The number of amides is 1. The van der Waals surface area contributed by atoms with Gasteiger partial charge >= 0.3 is 0 Å². The highest BCUT2D eigenvalue weighted by Crippen LogP contribution is 2.33. The SMILES string of the molecule is COc1cccc(CCC(=O)N2CCCC2c2nc(-c3cccc(Cl)c3)no2)c1. The molecule has 1 unspecified atom stereocenters. The zero-order chi connectivity index (χ0) is 20.2. The van der Waals surface area contributed by atoms with E-state index in [-0.39, 0.29) is 11.9 Å². The number of benzene rings is 2. The van der Waals surface area contributed by atoms with Gasteiger partial charge in [-0.3, -0.25) is 4.79 Å². The third-order valence-corrected chi connectivity index (χ3v) is 5.38. The lowest BCUT2D eigenvalue weighted by Gasteiger charge is -2.22. The molecule has 1 fully saturated rings. The first kappa shape index (κ1) is 19.5. The minimum Gasteiger partial charge on any atom is -0.497 e. The van der Waals surface area contributed by atoms with Gasteiger partial charge in [0.2, 0.25) is 17.6 Å². The van der Waals surface area contributed by atoms with E-state index in [1.807, 2.05) is 41.3 Å². The summed E-state index contributed by atoms with van der Waals surface area (Å²) in [6, 6.07) is 14.9. The summed E-state index contributed by atoms with van der Waals surface area (Å²) in [7, 11) is 1.64. The van der Waals surface area contributed by atoms with Crippen molar-refractivity contribution in [3.63, 3.8) is 0 Å². The minimum absolute atomic E-state index is 0.0952. The van der Waals surface area contributed by atoms with Crippen LogP contribution in [0.15, 0.2) is 53.1 Å². The predicted molar refractivity (Wildman–Crippen MR) is 110 cm³/mol. The number of likely N-dealkylation sites (tertiary alicyclic amines) is 1. The number of nitrogens with zero attached hydrogens (tertiary/aromatic N) is 3. The lowest BCUT2D eigenvalue weighted by atomic mass is 10.1. The summed E-state index contributed by atoms with van der Waals surface area (Å²) in [5.74, 6) is 1.86. The van der Waals surface area contributed by atoms with E-state index in [4.69, 9.17) is 20.9 Å². The quantitative estimate of drug-likeness (QED) is 0.588. The van der Waals surface area contributed by atoms with Gasteiger partial charge in [-0.2, -0.15) is 4.98 Å². The van der Waals surface area contributed by atoms with Gasteiger partial charge in [0.25, 0.3) is 0 Å². The Labute approximate surface area is 174 Å². The van der Waals surface area contributed by atoms with Crippen molar-refractivity contribution in [3.8, 4) is 17.1 Å². The fourth-order valence-electron chi connectivity index (χ4n) is 3.66. The summed E-state index contributed by atoms with van der Waals surface area (Å²) in [6.07, 6.45) is 2.84. The van der Waals surface area contributed by atoms with E-state index in [1.54, 1.807) is 19.2 Å². The molecule has 0 spiro atoms. The second kappa shape index (κ2) is 8.66. The Kier molecular flexibility index (Phi) is 5.81.